The van der Waals surface area contributed by atoms with E-state index in [0.29, 0.717) is 15.6 Å². The smallest absolute Gasteiger partial charge is 0.267 e. The lowest BCUT2D eigenvalue weighted by atomic mass is 9.92. The summed E-state index contributed by atoms with van der Waals surface area (Å²) in [5.41, 5.74) is 12.0. The Balaban J connectivity index is 0.00000338. The van der Waals surface area contributed by atoms with Crippen LogP contribution < -0.4 is 11.5 Å². The van der Waals surface area contributed by atoms with Gasteiger partial charge in [0.25, 0.3) is 5.92 Å². The topological polar surface area (TPSA) is 89.4 Å². The number of carbonyl (C=O) groups excluding carboxylic acids is 2. The third kappa shape index (κ3) is 5.94. The van der Waals surface area contributed by atoms with Gasteiger partial charge in [0.2, 0.25) is 11.8 Å². The van der Waals surface area contributed by atoms with E-state index in [0.717, 1.165) is 4.90 Å². The summed E-state index contributed by atoms with van der Waals surface area (Å²) in [6, 6.07) is 3.82. The first kappa shape index (κ1) is 22.9. The van der Waals surface area contributed by atoms with Gasteiger partial charge < -0.3 is 16.4 Å². The van der Waals surface area contributed by atoms with Crippen LogP contribution in [0.25, 0.3) is 0 Å². The summed E-state index contributed by atoms with van der Waals surface area (Å²) in [7, 11) is 0. The predicted octanol–water partition coefficient (Wildman–Crippen LogP) is 2.64. The van der Waals surface area contributed by atoms with E-state index in [1.165, 1.54) is 0 Å². The number of hydrogen-bond donors (Lipinski definition) is 2. The summed E-state index contributed by atoms with van der Waals surface area (Å²) in [6.45, 7) is -0.693. The van der Waals surface area contributed by atoms with Crippen molar-refractivity contribution in [2.75, 3.05) is 13.1 Å². The minimum Gasteiger partial charge on any atom is -0.369 e. The lowest BCUT2D eigenvalue weighted by Gasteiger charge is -2.23. The van der Waals surface area contributed by atoms with Crippen LogP contribution in [0.5, 0.6) is 0 Å². The zero-order chi connectivity index (χ0) is 18.8. The van der Waals surface area contributed by atoms with Crippen molar-refractivity contribution in [1.29, 1.82) is 0 Å². The molecule has 26 heavy (non-hydrogen) atoms. The van der Waals surface area contributed by atoms with Crippen LogP contribution in [0.2, 0.25) is 10.0 Å². The quantitative estimate of drug-likeness (QED) is 0.727. The first-order valence-corrected chi connectivity index (χ1v) is 8.50. The molecule has 0 radical (unpaired) electrons. The lowest BCUT2D eigenvalue weighted by Crippen LogP contribution is -2.45. The molecule has 2 amide bonds. The predicted molar refractivity (Wildman–Crippen MR) is 98.8 cm³/mol. The minimum absolute atomic E-state index is 0. The second-order valence-corrected chi connectivity index (χ2v) is 7.07. The van der Waals surface area contributed by atoms with Crippen LogP contribution in [0.1, 0.15) is 18.4 Å². The van der Waals surface area contributed by atoms with Gasteiger partial charge in [-0.25, -0.2) is 8.78 Å². The molecule has 2 rings (SSSR count). The molecule has 0 bridgehead atoms. The van der Waals surface area contributed by atoms with Crippen molar-refractivity contribution in [3.05, 3.63) is 33.8 Å². The Kier molecular flexibility index (Phi) is 8.07. The van der Waals surface area contributed by atoms with E-state index in [9.17, 15) is 18.4 Å². The van der Waals surface area contributed by atoms with E-state index in [1.54, 1.807) is 18.2 Å². The van der Waals surface area contributed by atoms with E-state index < -0.39 is 36.2 Å². The number of nitrogens with zero attached hydrogens (tertiary/aromatic N) is 1. The Labute approximate surface area is 166 Å². The molecule has 1 fully saturated rings. The highest BCUT2D eigenvalue weighted by molar-refractivity contribution is 6.42. The van der Waals surface area contributed by atoms with Crippen LogP contribution in [0, 0.1) is 5.92 Å². The third-order valence-corrected chi connectivity index (χ3v) is 4.94. The maximum atomic E-state index is 13.2. The van der Waals surface area contributed by atoms with E-state index in [4.69, 9.17) is 34.7 Å². The number of alkyl halides is 2. The van der Waals surface area contributed by atoms with Gasteiger partial charge in [-0.1, -0.05) is 29.3 Å². The van der Waals surface area contributed by atoms with E-state index in [1.807, 2.05) is 0 Å². The Hall–Kier alpha value is -1.15. The average Bonchev–Trinajstić information content (AvgIpc) is 2.89. The summed E-state index contributed by atoms with van der Waals surface area (Å²) in [5, 5.41) is 0.713. The molecule has 146 valence electrons. The number of primary amides is 1. The molecule has 1 heterocycles. The van der Waals surface area contributed by atoms with E-state index >= 15 is 0 Å². The van der Waals surface area contributed by atoms with Crippen molar-refractivity contribution in [1.82, 2.24) is 4.90 Å². The van der Waals surface area contributed by atoms with Crippen molar-refractivity contribution in [3.8, 4) is 0 Å². The Morgan fingerprint density at radius 1 is 1.27 bits per heavy atom. The molecular weight excluding hydrogens is 411 g/mol. The minimum atomic E-state index is -2.89. The van der Waals surface area contributed by atoms with Gasteiger partial charge in [-0.2, -0.15) is 0 Å². The maximum absolute atomic E-state index is 13.2. The van der Waals surface area contributed by atoms with Crippen LogP contribution in [0.15, 0.2) is 18.2 Å². The average molecular weight is 431 g/mol. The zero-order valence-corrected chi connectivity index (χ0v) is 16.1. The van der Waals surface area contributed by atoms with Crippen molar-refractivity contribution in [2.24, 2.45) is 17.4 Å². The second-order valence-electron chi connectivity index (χ2n) is 6.26. The van der Waals surface area contributed by atoms with Crippen molar-refractivity contribution in [2.45, 2.75) is 31.2 Å². The number of likely N-dealkylation sites (tertiary alicyclic amines) is 1. The Morgan fingerprint density at radius 2 is 1.92 bits per heavy atom. The number of rotatable bonds is 6. The summed E-state index contributed by atoms with van der Waals surface area (Å²) in [5.74, 6) is -4.84. The molecule has 1 aliphatic heterocycles. The zero-order valence-electron chi connectivity index (χ0n) is 13.8. The summed E-state index contributed by atoms with van der Waals surface area (Å²) < 4.78 is 26.5. The van der Waals surface area contributed by atoms with Gasteiger partial charge >= 0.3 is 0 Å². The highest BCUT2D eigenvalue weighted by Crippen LogP contribution is 2.28. The van der Waals surface area contributed by atoms with Crippen LogP contribution in [0.3, 0.4) is 0 Å². The number of hydrogen-bond acceptors (Lipinski definition) is 3. The maximum Gasteiger partial charge on any atom is 0.267 e. The molecular formula is C16H20Cl3F2N3O2. The fraction of sp³-hybridized carbons (Fsp3) is 0.500. The summed E-state index contributed by atoms with van der Waals surface area (Å²) in [4.78, 5) is 24.9. The fourth-order valence-electron chi connectivity index (χ4n) is 2.82. The van der Waals surface area contributed by atoms with Crippen molar-refractivity contribution < 1.29 is 18.4 Å². The highest BCUT2D eigenvalue weighted by atomic mass is 35.5. The van der Waals surface area contributed by atoms with Crippen LogP contribution in [0.4, 0.5) is 8.78 Å². The molecule has 2 atom stereocenters. The van der Waals surface area contributed by atoms with Gasteiger partial charge in [-0.05, 0) is 30.5 Å². The molecule has 1 unspecified atom stereocenters. The molecule has 1 aliphatic rings. The molecule has 0 aromatic heterocycles. The molecule has 1 saturated heterocycles. The van der Waals surface area contributed by atoms with Crippen molar-refractivity contribution in [3.63, 3.8) is 0 Å². The van der Waals surface area contributed by atoms with Gasteiger partial charge in [-0.15, -0.1) is 12.4 Å². The fourth-order valence-corrected chi connectivity index (χ4v) is 3.14. The van der Waals surface area contributed by atoms with Gasteiger partial charge in [0.05, 0.1) is 22.6 Å². The molecule has 0 aliphatic carbocycles. The Morgan fingerprint density at radius 3 is 2.42 bits per heavy atom. The number of amides is 2. The first-order chi connectivity index (χ1) is 11.6. The van der Waals surface area contributed by atoms with E-state index in [2.05, 4.69) is 0 Å². The van der Waals surface area contributed by atoms with Crippen LogP contribution in [-0.2, 0) is 16.0 Å². The molecule has 5 nitrogen and oxygen atoms in total. The summed E-state index contributed by atoms with van der Waals surface area (Å²) in [6.07, 6.45) is -0.187. The van der Waals surface area contributed by atoms with Gasteiger partial charge in [0, 0.05) is 18.9 Å². The molecule has 10 heteroatoms. The highest BCUT2D eigenvalue weighted by Gasteiger charge is 2.41. The molecule has 0 saturated carbocycles. The number of benzene rings is 1. The first-order valence-electron chi connectivity index (χ1n) is 7.74. The van der Waals surface area contributed by atoms with Crippen LogP contribution >= 0.6 is 35.6 Å². The number of nitrogens with two attached hydrogens (primary N) is 2. The molecule has 4 N–H and O–H groups in total. The third-order valence-electron chi connectivity index (χ3n) is 4.21. The van der Waals surface area contributed by atoms with Crippen LogP contribution in [-0.4, -0.2) is 41.8 Å². The largest absolute Gasteiger partial charge is 0.369 e. The standard InChI is InChI=1S/C16H19Cl2F2N3O2.ClH/c17-11-2-1-9(6-12(11)18)5-10(14(22)24)7-13(21)15(25)23-4-3-16(19,20)8-23;/h1-2,6,10,13H,3-5,7-8,21H2,(H2,22,24);1H/t10?,13-;/m0./s1. The lowest BCUT2D eigenvalue weighted by molar-refractivity contribution is -0.133. The normalized spacial score (nSPS) is 18.1. The number of halogens is 5. The molecule has 0 spiro atoms. The van der Waals surface area contributed by atoms with Gasteiger partial charge in [-0.3, -0.25) is 9.59 Å². The SMILES string of the molecule is Cl.NC(=O)C(Cc1ccc(Cl)c(Cl)c1)C[C@H](N)C(=O)N1CCC(F)(F)C1. The molecule has 1 aromatic rings. The van der Waals surface area contributed by atoms with E-state index in [-0.39, 0.29) is 38.2 Å². The molecule has 1 aromatic carbocycles. The monoisotopic (exact) mass is 429 g/mol. The Bertz CT molecular complexity index is 676. The van der Waals surface area contributed by atoms with Gasteiger partial charge in [0.15, 0.2) is 0 Å². The van der Waals surface area contributed by atoms with Gasteiger partial charge in [0.1, 0.15) is 0 Å². The summed E-state index contributed by atoms with van der Waals surface area (Å²) >= 11 is 11.8. The number of carbonyl (C=O) groups is 2. The van der Waals surface area contributed by atoms with Crippen molar-refractivity contribution >= 4 is 47.4 Å². The second kappa shape index (κ2) is 9.17.